The first-order chi connectivity index (χ1) is 8.15. The molecular formula is C12H18O5. The summed E-state index contributed by atoms with van der Waals surface area (Å²) < 4.78 is 26.2. The van der Waals surface area contributed by atoms with Crippen LogP contribution < -0.4 is 9.47 Å². The van der Waals surface area contributed by atoms with Crippen molar-refractivity contribution < 1.29 is 23.7 Å². The lowest BCUT2D eigenvalue weighted by Gasteiger charge is -2.29. The molecule has 96 valence electrons. The SMILES string of the molecule is COc1cc(OC)cc(C(OC)(OC)OC)c1. The second-order valence-electron chi connectivity index (χ2n) is 3.27. The molecule has 17 heavy (non-hydrogen) atoms. The second-order valence-corrected chi connectivity index (χ2v) is 3.27. The van der Waals surface area contributed by atoms with Crippen LogP contribution in [-0.2, 0) is 20.2 Å². The summed E-state index contributed by atoms with van der Waals surface area (Å²) in [5.41, 5.74) is 0.654. The summed E-state index contributed by atoms with van der Waals surface area (Å²) in [6, 6.07) is 5.28. The van der Waals surface area contributed by atoms with Crippen molar-refractivity contribution in [2.24, 2.45) is 0 Å². The molecule has 0 fully saturated rings. The van der Waals surface area contributed by atoms with E-state index < -0.39 is 5.97 Å². The lowest BCUT2D eigenvalue weighted by atomic mass is 10.1. The Hall–Kier alpha value is -1.30. The predicted octanol–water partition coefficient (Wildman–Crippen LogP) is 1.75. The van der Waals surface area contributed by atoms with Crippen LogP contribution in [0.3, 0.4) is 0 Å². The highest BCUT2D eigenvalue weighted by atomic mass is 16.9. The van der Waals surface area contributed by atoms with Crippen molar-refractivity contribution >= 4 is 0 Å². The Balaban J connectivity index is 3.27. The molecule has 0 aromatic heterocycles. The third-order valence-electron chi connectivity index (χ3n) is 2.51. The quantitative estimate of drug-likeness (QED) is 0.711. The molecule has 0 N–H and O–H groups in total. The lowest BCUT2D eigenvalue weighted by Crippen LogP contribution is -2.32. The Morgan fingerprint density at radius 2 is 1.12 bits per heavy atom. The molecule has 0 atom stereocenters. The summed E-state index contributed by atoms with van der Waals surface area (Å²) >= 11 is 0. The third-order valence-corrected chi connectivity index (χ3v) is 2.51. The van der Waals surface area contributed by atoms with Gasteiger partial charge in [0.2, 0.25) is 0 Å². The topological polar surface area (TPSA) is 46.2 Å². The molecule has 5 heteroatoms. The van der Waals surface area contributed by atoms with Crippen LogP contribution in [0.25, 0.3) is 0 Å². The fraction of sp³-hybridized carbons (Fsp3) is 0.500. The Labute approximate surface area is 101 Å². The number of benzene rings is 1. The van der Waals surface area contributed by atoms with E-state index in [0.29, 0.717) is 17.1 Å². The average Bonchev–Trinajstić information content (AvgIpc) is 2.41. The number of hydrogen-bond acceptors (Lipinski definition) is 5. The third kappa shape index (κ3) is 2.69. The smallest absolute Gasteiger partial charge is 0.311 e. The minimum atomic E-state index is -1.26. The van der Waals surface area contributed by atoms with Crippen molar-refractivity contribution in [3.8, 4) is 11.5 Å². The van der Waals surface area contributed by atoms with Crippen molar-refractivity contribution in [2.75, 3.05) is 35.5 Å². The van der Waals surface area contributed by atoms with E-state index in [1.165, 1.54) is 21.3 Å². The van der Waals surface area contributed by atoms with Gasteiger partial charge in [0.05, 0.1) is 14.2 Å². The van der Waals surface area contributed by atoms with Crippen molar-refractivity contribution in [3.63, 3.8) is 0 Å². The zero-order chi connectivity index (χ0) is 12.9. The molecular weight excluding hydrogens is 224 g/mol. The summed E-state index contributed by atoms with van der Waals surface area (Å²) in [6.45, 7) is 0. The summed E-state index contributed by atoms with van der Waals surface area (Å²) in [5.74, 6) is 0.00620. The molecule has 5 nitrogen and oxygen atoms in total. The van der Waals surface area contributed by atoms with Crippen molar-refractivity contribution in [1.29, 1.82) is 0 Å². The normalized spacial score (nSPS) is 11.4. The summed E-state index contributed by atoms with van der Waals surface area (Å²) in [6.07, 6.45) is 0. The second kappa shape index (κ2) is 5.86. The van der Waals surface area contributed by atoms with E-state index in [1.54, 1.807) is 32.4 Å². The molecule has 0 radical (unpaired) electrons. The molecule has 1 aromatic carbocycles. The number of hydrogen-bond donors (Lipinski definition) is 0. The van der Waals surface area contributed by atoms with Crippen LogP contribution >= 0.6 is 0 Å². The summed E-state index contributed by atoms with van der Waals surface area (Å²) in [5, 5.41) is 0. The zero-order valence-corrected chi connectivity index (χ0v) is 10.8. The molecule has 0 aliphatic carbocycles. The van der Waals surface area contributed by atoms with E-state index in [1.807, 2.05) is 0 Å². The first kappa shape index (κ1) is 13.8. The van der Waals surface area contributed by atoms with E-state index >= 15 is 0 Å². The van der Waals surface area contributed by atoms with E-state index in [4.69, 9.17) is 23.7 Å². The highest BCUT2D eigenvalue weighted by Gasteiger charge is 2.33. The largest absolute Gasteiger partial charge is 0.497 e. The molecule has 1 rings (SSSR count). The maximum atomic E-state index is 5.27. The van der Waals surface area contributed by atoms with Crippen LogP contribution in [0.5, 0.6) is 11.5 Å². The Morgan fingerprint density at radius 1 is 0.706 bits per heavy atom. The number of rotatable bonds is 6. The highest BCUT2D eigenvalue weighted by molar-refractivity contribution is 5.39. The van der Waals surface area contributed by atoms with Gasteiger partial charge in [-0.3, -0.25) is 0 Å². The molecule has 0 amide bonds. The van der Waals surface area contributed by atoms with Gasteiger partial charge in [-0.2, -0.15) is 0 Å². The molecule has 0 saturated heterocycles. The van der Waals surface area contributed by atoms with Gasteiger partial charge < -0.3 is 23.7 Å². The van der Waals surface area contributed by atoms with Gasteiger partial charge in [0, 0.05) is 33.0 Å². The molecule has 0 spiro atoms. The van der Waals surface area contributed by atoms with Gasteiger partial charge in [0.25, 0.3) is 0 Å². The molecule has 0 heterocycles. The molecule has 0 aliphatic rings. The van der Waals surface area contributed by atoms with E-state index in [9.17, 15) is 0 Å². The zero-order valence-electron chi connectivity index (χ0n) is 10.8. The van der Waals surface area contributed by atoms with Crippen LogP contribution in [0.15, 0.2) is 18.2 Å². The first-order valence-electron chi connectivity index (χ1n) is 5.04. The fourth-order valence-electron chi connectivity index (χ4n) is 1.59. The van der Waals surface area contributed by atoms with Gasteiger partial charge in [0.15, 0.2) is 0 Å². The minimum Gasteiger partial charge on any atom is -0.497 e. The van der Waals surface area contributed by atoms with Crippen LogP contribution in [0, 0.1) is 0 Å². The average molecular weight is 242 g/mol. The molecule has 0 aliphatic heterocycles. The highest BCUT2D eigenvalue weighted by Crippen LogP contribution is 2.33. The van der Waals surface area contributed by atoms with E-state index in [-0.39, 0.29) is 0 Å². The Morgan fingerprint density at radius 3 is 1.41 bits per heavy atom. The van der Waals surface area contributed by atoms with Gasteiger partial charge >= 0.3 is 5.97 Å². The van der Waals surface area contributed by atoms with Crippen molar-refractivity contribution in [1.82, 2.24) is 0 Å². The van der Waals surface area contributed by atoms with Crippen LogP contribution in [0.4, 0.5) is 0 Å². The monoisotopic (exact) mass is 242 g/mol. The van der Waals surface area contributed by atoms with Crippen molar-refractivity contribution in [2.45, 2.75) is 5.97 Å². The lowest BCUT2D eigenvalue weighted by molar-refractivity contribution is -0.364. The van der Waals surface area contributed by atoms with Crippen LogP contribution in [0.2, 0.25) is 0 Å². The predicted molar refractivity (Wildman–Crippen MR) is 62.3 cm³/mol. The van der Waals surface area contributed by atoms with Gasteiger partial charge in [-0.1, -0.05) is 0 Å². The molecule has 1 aromatic rings. The summed E-state index contributed by atoms with van der Waals surface area (Å²) in [4.78, 5) is 0. The van der Waals surface area contributed by atoms with Crippen LogP contribution in [0.1, 0.15) is 5.56 Å². The number of methoxy groups -OCH3 is 5. The van der Waals surface area contributed by atoms with E-state index in [2.05, 4.69) is 0 Å². The van der Waals surface area contributed by atoms with Crippen LogP contribution in [-0.4, -0.2) is 35.5 Å². The maximum Gasteiger partial charge on any atom is 0.311 e. The molecule has 0 saturated carbocycles. The number of ether oxygens (including phenoxy) is 5. The van der Waals surface area contributed by atoms with Gasteiger partial charge in [-0.05, 0) is 12.1 Å². The maximum absolute atomic E-state index is 5.27. The Kier molecular flexibility index (Phi) is 4.74. The van der Waals surface area contributed by atoms with Gasteiger partial charge in [-0.15, -0.1) is 0 Å². The Bertz CT molecular complexity index is 329. The summed E-state index contributed by atoms with van der Waals surface area (Å²) in [7, 11) is 7.65. The van der Waals surface area contributed by atoms with Crippen molar-refractivity contribution in [3.05, 3.63) is 23.8 Å². The first-order valence-corrected chi connectivity index (χ1v) is 5.04. The molecule has 0 bridgehead atoms. The van der Waals surface area contributed by atoms with Gasteiger partial charge in [-0.25, -0.2) is 0 Å². The molecule has 0 unspecified atom stereocenters. The van der Waals surface area contributed by atoms with Gasteiger partial charge in [0.1, 0.15) is 11.5 Å². The fourth-order valence-corrected chi connectivity index (χ4v) is 1.59. The van der Waals surface area contributed by atoms with E-state index in [0.717, 1.165) is 0 Å². The standard InChI is InChI=1S/C12H18O5/c1-13-10-6-9(7-11(8-10)14-2)12(15-3,16-4)17-5/h6-8H,1-5H3. The minimum absolute atomic E-state index is 0.634.